The van der Waals surface area contributed by atoms with Gasteiger partial charge in [-0.2, -0.15) is 5.10 Å². The van der Waals surface area contributed by atoms with Crippen molar-refractivity contribution in [1.29, 1.82) is 0 Å². The standard InChI is InChI=1S/C19H34N6O/c1-7-20-18(23-16-14-8-9-26-17(14)19(16,2)3)21-11-15(24(4)5)13-10-22-25(6)12-13/h10,12,14-17H,7-9,11H2,1-6H3,(H2,20,21,23). The van der Waals surface area contributed by atoms with Gasteiger partial charge in [0.2, 0.25) is 0 Å². The number of rotatable bonds is 6. The van der Waals surface area contributed by atoms with Gasteiger partial charge in [0.25, 0.3) is 0 Å². The molecule has 2 heterocycles. The van der Waals surface area contributed by atoms with Crippen LogP contribution in [-0.2, 0) is 11.8 Å². The van der Waals surface area contributed by atoms with Gasteiger partial charge in [0.1, 0.15) is 0 Å². The number of hydrogen-bond acceptors (Lipinski definition) is 4. The van der Waals surface area contributed by atoms with Crippen LogP contribution in [0.1, 0.15) is 38.8 Å². The summed E-state index contributed by atoms with van der Waals surface area (Å²) >= 11 is 0. The molecule has 1 aromatic rings. The van der Waals surface area contributed by atoms with Crippen LogP contribution >= 0.6 is 0 Å². The van der Waals surface area contributed by atoms with Crippen molar-refractivity contribution < 1.29 is 4.74 Å². The number of ether oxygens (including phenoxy) is 1. The lowest BCUT2D eigenvalue weighted by atomic mass is 9.57. The van der Waals surface area contributed by atoms with Crippen LogP contribution in [-0.4, -0.2) is 66.6 Å². The zero-order valence-electron chi connectivity index (χ0n) is 17.0. The Bertz CT molecular complexity index is 638. The third-order valence-corrected chi connectivity index (χ3v) is 5.89. The van der Waals surface area contributed by atoms with Gasteiger partial charge in [-0.3, -0.25) is 9.67 Å². The Morgan fingerprint density at radius 1 is 1.50 bits per heavy atom. The van der Waals surface area contributed by atoms with Gasteiger partial charge in [0, 0.05) is 49.3 Å². The molecule has 0 aromatic carbocycles. The maximum atomic E-state index is 5.91. The number of hydrogen-bond donors (Lipinski definition) is 2. The molecule has 2 aliphatic rings. The van der Waals surface area contributed by atoms with E-state index in [0.29, 0.717) is 24.6 Å². The Morgan fingerprint density at radius 2 is 2.27 bits per heavy atom. The van der Waals surface area contributed by atoms with Crippen molar-refractivity contribution in [3.05, 3.63) is 18.0 Å². The summed E-state index contributed by atoms with van der Waals surface area (Å²) in [5.74, 6) is 1.49. The fourth-order valence-corrected chi connectivity index (χ4v) is 4.44. The third-order valence-electron chi connectivity index (χ3n) is 5.89. The smallest absolute Gasteiger partial charge is 0.191 e. The largest absolute Gasteiger partial charge is 0.377 e. The Hall–Kier alpha value is -1.60. The van der Waals surface area contributed by atoms with Gasteiger partial charge >= 0.3 is 0 Å². The molecule has 3 rings (SSSR count). The van der Waals surface area contributed by atoms with Crippen LogP contribution in [0.25, 0.3) is 0 Å². The maximum Gasteiger partial charge on any atom is 0.191 e. The molecule has 7 heteroatoms. The molecule has 2 fully saturated rings. The van der Waals surface area contributed by atoms with E-state index >= 15 is 0 Å². The van der Waals surface area contributed by atoms with E-state index in [1.807, 2.05) is 17.9 Å². The highest BCUT2D eigenvalue weighted by Crippen LogP contribution is 2.52. The highest BCUT2D eigenvalue weighted by Gasteiger charge is 2.59. The highest BCUT2D eigenvalue weighted by molar-refractivity contribution is 5.80. The molecule has 4 atom stereocenters. The van der Waals surface area contributed by atoms with E-state index < -0.39 is 0 Å². The summed E-state index contributed by atoms with van der Waals surface area (Å²) in [4.78, 5) is 7.09. The van der Waals surface area contributed by atoms with Crippen LogP contribution < -0.4 is 10.6 Å². The molecule has 7 nitrogen and oxygen atoms in total. The average molecular weight is 363 g/mol. The first-order chi connectivity index (χ1) is 12.3. The van der Waals surface area contributed by atoms with E-state index in [0.717, 1.165) is 25.5 Å². The van der Waals surface area contributed by atoms with Crippen LogP contribution in [0.4, 0.5) is 0 Å². The minimum Gasteiger partial charge on any atom is -0.377 e. The Balaban J connectivity index is 1.70. The number of aliphatic imine (C=N–C) groups is 1. The van der Waals surface area contributed by atoms with Gasteiger partial charge in [-0.1, -0.05) is 13.8 Å². The molecule has 1 saturated carbocycles. The number of aryl methyl sites for hydroxylation is 1. The van der Waals surface area contributed by atoms with Crippen molar-refractivity contribution in [3.63, 3.8) is 0 Å². The molecule has 0 radical (unpaired) electrons. The van der Waals surface area contributed by atoms with Gasteiger partial charge in [-0.15, -0.1) is 0 Å². The van der Waals surface area contributed by atoms with Crippen LogP contribution in [0.2, 0.25) is 0 Å². The number of aromatic nitrogens is 2. The van der Waals surface area contributed by atoms with Gasteiger partial charge in [-0.25, -0.2) is 0 Å². The summed E-state index contributed by atoms with van der Waals surface area (Å²) in [6, 6.07) is 0.611. The van der Waals surface area contributed by atoms with Crippen molar-refractivity contribution in [3.8, 4) is 0 Å². The number of fused-ring (bicyclic) bond motifs is 1. The average Bonchev–Trinajstić information content (AvgIpc) is 3.20. The molecule has 0 amide bonds. The van der Waals surface area contributed by atoms with Gasteiger partial charge < -0.3 is 20.3 Å². The Kier molecular flexibility index (Phi) is 5.58. The van der Waals surface area contributed by atoms with Crippen molar-refractivity contribution in [2.24, 2.45) is 23.4 Å². The van der Waals surface area contributed by atoms with Gasteiger partial charge in [-0.05, 0) is 27.4 Å². The molecule has 26 heavy (non-hydrogen) atoms. The second kappa shape index (κ2) is 7.56. The summed E-state index contributed by atoms with van der Waals surface area (Å²) in [5, 5.41) is 11.4. The van der Waals surface area contributed by atoms with Crippen molar-refractivity contribution in [2.75, 3.05) is 33.8 Å². The molecular formula is C19H34N6O. The van der Waals surface area contributed by atoms with Crippen molar-refractivity contribution in [2.45, 2.75) is 45.4 Å². The molecule has 0 bridgehead atoms. The monoisotopic (exact) mass is 362 g/mol. The fraction of sp³-hybridized carbons (Fsp3) is 0.789. The number of guanidine groups is 1. The SMILES string of the molecule is CCNC(=NCC(c1cnn(C)c1)N(C)C)NC1C2CCOC2C1(C)C. The molecule has 4 unspecified atom stereocenters. The molecular weight excluding hydrogens is 328 g/mol. The molecule has 146 valence electrons. The van der Waals surface area contributed by atoms with E-state index in [4.69, 9.17) is 9.73 Å². The van der Waals surface area contributed by atoms with Crippen LogP contribution in [0.3, 0.4) is 0 Å². The Morgan fingerprint density at radius 3 is 2.88 bits per heavy atom. The Labute approximate surface area is 157 Å². The van der Waals surface area contributed by atoms with Crippen molar-refractivity contribution >= 4 is 5.96 Å². The molecule has 1 aliphatic carbocycles. The quantitative estimate of drug-likeness (QED) is 0.591. The molecule has 1 aromatic heterocycles. The fourth-order valence-electron chi connectivity index (χ4n) is 4.44. The summed E-state index contributed by atoms with van der Waals surface area (Å²) in [7, 11) is 6.12. The van der Waals surface area contributed by atoms with Gasteiger partial charge in [0.05, 0.1) is 24.9 Å². The van der Waals surface area contributed by atoms with E-state index in [1.165, 1.54) is 5.56 Å². The topological polar surface area (TPSA) is 66.7 Å². The van der Waals surface area contributed by atoms with E-state index in [-0.39, 0.29) is 11.5 Å². The van der Waals surface area contributed by atoms with Crippen LogP contribution in [0, 0.1) is 11.3 Å². The lowest BCUT2D eigenvalue weighted by Crippen LogP contribution is -2.68. The summed E-state index contributed by atoms with van der Waals surface area (Å²) in [5.41, 5.74) is 1.33. The molecule has 1 aliphatic heterocycles. The molecule has 1 saturated heterocycles. The zero-order valence-corrected chi connectivity index (χ0v) is 17.0. The lowest BCUT2D eigenvalue weighted by molar-refractivity contribution is -0.106. The first-order valence-corrected chi connectivity index (χ1v) is 9.66. The van der Waals surface area contributed by atoms with Crippen molar-refractivity contribution in [1.82, 2.24) is 25.3 Å². The minimum absolute atomic E-state index is 0.141. The van der Waals surface area contributed by atoms with Crippen LogP contribution in [0.15, 0.2) is 17.4 Å². The predicted molar refractivity (Wildman–Crippen MR) is 104 cm³/mol. The lowest BCUT2D eigenvalue weighted by Gasteiger charge is -2.55. The van der Waals surface area contributed by atoms with E-state index in [9.17, 15) is 0 Å². The normalized spacial score (nSPS) is 28.6. The molecule has 2 N–H and O–H groups in total. The number of nitrogens with one attached hydrogen (secondary N) is 2. The third kappa shape index (κ3) is 3.60. The summed E-state index contributed by atoms with van der Waals surface area (Å²) in [6.07, 6.45) is 5.51. The number of nitrogens with zero attached hydrogens (tertiary/aromatic N) is 4. The zero-order chi connectivity index (χ0) is 18.9. The van der Waals surface area contributed by atoms with E-state index in [2.05, 4.69) is 61.7 Å². The summed E-state index contributed by atoms with van der Waals surface area (Å²) < 4.78 is 7.76. The minimum atomic E-state index is 0.141. The second-order valence-corrected chi connectivity index (χ2v) is 8.33. The molecule has 0 spiro atoms. The number of likely N-dealkylation sites (N-methyl/N-ethyl adjacent to an activating group) is 1. The van der Waals surface area contributed by atoms with E-state index in [1.54, 1.807) is 0 Å². The first-order valence-electron chi connectivity index (χ1n) is 9.66. The second-order valence-electron chi connectivity index (χ2n) is 8.33. The first kappa shape index (κ1) is 19.2. The summed E-state index contributed by atoms with van der Waals surface area (Å²) in [6.45, 7) is 9.11. The van der Waals surface area contributed by atoms with Gasteiger partial charge in [0.15, 0.2) is 5.96 Å². The van der Waals surface area contributed by atoms with Crippen LogP contribution in [0.5, 0.6) is 0 Å². The predicted octanol–water partition coefficient (Wildman–Crippen LogP) is 1.39. The highest BCUT2D eigenvalue weighted by atomic mass is 16.5. The maximum absolute atomic E-state index is 5.91.